The van der Waals surface area contributed by atoms with Gasteiger partial charge in [0, 0.05) is 5.54 Å². The van der Waals surface area contributed by atoms with Gasteiger partial charge in [0.1, 0.15) is 0 Å². The molecule has 20 heavy (non-hydrogen) atoms. The van der Waals surface area contributed by atoms with Gasteiger partial charge in [0.05, 0.1) is 11.5 Å². The topological polar surface area (TPSA) is 101 Å². The summed E-state index contributed by atoms with van der Waals surface area (Å²) in [5.74, 6) is 0. The van der Waals surface area contributed by atoms with Crippen molar-refractivity contribution in [1.29, 1.82) is 0 Å². The van der Waals surface area contributed by atoms with Crippen molar-refractivity contribution in [3.05, 3.63) is 29.8 Å². The first-order chi connectivity index (χ1) is 9.12. The van der Waals surface area contributed by atoms with Gasteiger partial charge in [-0.1, -0.05) is 37.5 Å². The number of hydrogen-bond donors (Lipinski definition) is 3. The fourth-order valence-electron chi connectivity index (χ4n) is 1.37. The van der Waals surface area contributed by atoms with E-state index >= 15 is 0 Å². The minimum atomic E-state index is -4.02. The van der Waals surface area contributed by atoms with Gasteiger partial charge in [0.2, 0.25) is 0 Å². The SMILES string of the molecule is CCCCC(C)(N)CO.Cc1ccc(S(=O)(=O)O)cc1. The molecule has 0 saturated heterocycles. The second kappa shape index (κ2) is 8.36. The number of aryl methyl sites for hydroxylation is 1. The van der Waals surface area contributed by atoms with E-state index in [9.17, 15) is 8.42 Å². The average Bonchev–Trinajstić information content (AvgIpc) is 2.37. The van der Waals surface area contributed by atoms with Crippen molar-refractivity contribution < 1.29 is 18.1 Å². The van der Waals surface area contributed by atoms with E-state index in [0.29, 0.717) is 0 Å². The van der Waals surface area contributed by atoms with Crippen LogP contribution in [0.25, 0.3) is 0 Å². The largest absolute Gasteiger partial charge is 0.394 e. The molecule has 1 unspecified atom stereocenters. The molecule has 0 saturated carbocycles. The molecule has 5 nitrogen and oxygen atoms in total. The van der Waals surface area contributed by atoms with Gasteiger partial charge < -0.3 is 10.8 Å². The van der Waals surface area contributed by atoms with Gasteiger partial charge in [-0.3, -0.25) is 4.55 Å². The van der Waals surface area contributed by atoms with Gasteiger partial charge in [-0.25, -0.2) is 0 Å². The van der Waals surface area contributed by atoms with Gasteiger partial charge >= 0.3 is 0 Å². The lowest BCUT2D eigenvalue weighted by Gasteiger charge is -2.20. The second-order valence-corrected chi connectivity index (χ2v) is 6.63. The van der Waals surface area contributed by atoms with Crippen LogP contribution in [0.1, 0.15) is 38.7 Å². The Balaban J connectivity index is 0.000000370. The lowest BCUT2D eigenvalue weighted by molar-refractivity contribution is 0.198. The first-order valence-corrected chi connectivity index (χ1v) is 8.00. The molecule has 0 bridgehead atoms. The molecule has 1 aromatic rings. The molecule has 1 aromatic carbocycles. The Bertz CT molecular complexity index is 480. The van der Waals surface area contributed by atoms with E-state index in [1.807, 2.05) is 13.8 Å². The van der Waals surface area contributed by atoms with Gasteiger partial charge in [0.15, 0.2) is 0 Å². The molecule has 1 atom stereocenters. The summed E-state index contributed by atoms with van der Waals surface area (Å²) >= 11 is 0. The van der Waals surface area contributed by atoms with Crippen LogP contribution in [-0.2, 0) is 10.1 Å². The number of benzene rings is 1. The smallest absolute Gasteiger partial charge is 0.294 e. The molecule has 0 aliphatic carbocycles. The van der Waals surface area contributed by atoms with Crippen molar-refractivity contribution in [3.8, 4) is 0 Å². The number of nitrogens with two attached hydrogens (primary N) is 1. The van der Waals surface area contributed by atoms with Gasteiger partial charge in [0.25, 0.3) is 10.1 Å². The van der Waals surface area contributed by atoms with E-state index in [1.54, 1.807) is 12.1 Å². The maximum Gasteiger partial charge on any atom is 0.294 e. The van der Waals surface area contributed by atoms with Crippen LogP contribution in [0, 0.1) is 6.92 Å². The van der Waals surface area contributed by atoms with E-state index in [-0.39, 0.29) is 17.0 Å². The number of aliphatic hydroxyl groups excluding tert-OH is 1. The van der Waals surface area contributed by atoms with Gasteiger partial charge in [-0.15, -0.1) is 0 Å². The van der Waals surface area contributed by atoms with Gasteiger partial charge in [-0.2, -0.15) is 8.42 Å². The third-order valence-corrected chi connectivity index (χ3v) is 3.65. The molecule has 0 spiro atoms. The molecule has 0 aliphatic rings. The molecule has 0 aliphatic heterocycles. The average molecular weight is 303 g/mol. The van der Waals surface area contributed by atoms with E-state index in [1.165, 1.54) is 12.1 Å². The van der Waals surface area contributed by atoms with Crippen molar-refractivity contribution in [1.82, 2.24) is 0 Å². The van der Waals surface area contributed by atoms with Crippen molar-refractivity contribution >= 4 is 10.1 Å². The number of unbranched alkanes of at least 4 members (excludes halogenated alkanes) is 1. The van der Waals surface area contributed by atoms with Crippen LogP contribution < -0.4 is 5.73 Å². The lowest BCUT2D eigenvalue weighted by atomic mass is 9.98. The zero-order chi connectivity index (χ0) is 15.8. The van der Waals surface area contributed by atoms with Crippen molar-refractivity contribution in [2.75, 3.05) is 6.61 Å². The molecule has 4 N–H and O–H groups in total. The molecule has 0 fully saturated rings. The number of rotatable bonds is 5. The van der Waals surface area contributed by atoms with Crippen LogP contribution in [0.2, 0.25) is 0 Å². The highest BCUT2D eigenvalue weighted by Gasteiger charge is 2.14. The molecule has 6 heteroatoms. The number of aliphatic hydroxyl groups is 1. The summed E-state index contributed by atoms with van der Waals surface area (Å²) in [6, 6.07) is 5.99. The third-order valence-electron chi connectivity index (χ3n) is 2.78. The second-order valence-electron chi connectivity index (χ2n) is 5.20. The van der Waals surface area contributed by atoms with E-state index in [0.717, 1.165) is 24.8 Å². The van der Waals surface area contributed by atoms with Crippen molar-refractivity contribution in [2.45, 2.75) is 50.5 Å². The van der Waals surface area contributed by atoms with Crippen LogP contribution in [0.4, 0.5) is 0 Å². The highest BCUT2D eigenvalue weighted by molar-refractivity contribution is 7.85. The minimum absolute atomic E-state index is 0.0666. The molecule has 1 rings (SSSR count). The fourth-order valence-corrected chi connectivity index (χ4v) is 1.85. The predicted octanol–water partition coefficient (Wildman–Crippen LogP) is 2.13. The summed E-state index contributed by atoms with van der Waals surface area (Å²) in [5, 5.41) is 8.70. The highest BCUT2D eigenvalue weighted by atomic mass is 32.2. The van der Waals surface area contributed by atoms with E-state index < -0.39 is 10.1 Å². The Hall–Kier alpha value is -0.950. The van der Waals surface area contributed by atoms with E-state index in [4.69, 9.17) is 15.4 Å². The molecule has 0 radical (unpaired) electrons. The standard InChI is InChI=1S/C7H17NO.C7H8O3S/c1-3-4-5-7(2,8)6-9;1-6-2-4-7(5-3-6)11(8,9)10/h9H,3-6,8H2,1-2H3;2-5H,1H3,(H,8,9,10). The summed E-state index contributed by atoms with van der Waals surface area (Å²) in [7, 11) is -4.02. The van der Waals surface area contributed by atoms with E-state index in [2.05, 4.69) is 6.92 Å². The normalized spacial score (nSPS) is 14.1. The Morgan fingerprint density at radius 1 is 1.25 bits per heavy atom. The lowest BCUT2D eigenvalue weighted by Crippen LogP contribution is -2.39. The monoisotopic (exact) mass is 303 g/mol. The predicted molar refractivity (Wildman–Crippen MR) is 80.2 cm³/mol. The summed E-state index contributed by atoms with van der Waals surface area (Å²) < 4.78 is 29.6. The van der Waals surface area contributed by atoms with Crippen LogP contribution in [0.5, 0.6) is 0 Å². The van der Waals surface area contributed by atoms with Crippen molar-refractivity contribution in [3.63, 3.8) is 0 Å². The quantitative estimate of drug-likeness (QED) is 0.723. The summed E-state index contributed by atoms with van der Waals surface area (Å²) in [6.07, 6.45) is 3.17. The molecule has 0 amide bonds. The van der Waals surface area contributed by atoms with Crippen LogP contribution in [0.15, 0.2) is 29.2 Å². The van der Waals surface area contributed by atoms with Crippen LogP contribution in [-0.4, -0.2) is 30.2 Å². The molecular formula is C14H25NO4S. The highest BCUT2D eigenvalue weighted by Crippen LogP contribution is 2.09. The zero-order valence-electron chi connectivity index (χ0n) is 12.3. The Labute approximate surface area is 121 Å². The Kier molecular flexibility index (Phi) is 7.96. The fraction of sp³-hybridized carbons (Fsp3) is 0.571. The van der Waals surface area contributed by atoms with Crippen LogP contribution >= 0.6 is 0 Å². The summed E-state index contributed by atoms with van der Waals surface area (Å²) in [6.45, 7) is 5.93. The Morgan fingerprint density at radius 3 is 2.10 bits per heavy atom. The summed E-state index contributed by atoms with van der Waals surface area (Å²) in [5.41, 5.74) is 6.26. The maximum absolute atomic E-state index is 10.5. The first kappa shape index (κ1) is 19.1. The Morgan fingerprint density at radius 2 is 1.75 bits per heavy atom. The first-order valence-electron chi connectivity index (χ1n) is 6.56. The minimum Gasteiger partial charge on any atom is -0.394 e. The molecular weight excluding hydrogens is 278 g/mol. The third kappa shape index (κ3) is 8.27. The maximum atomic E-state index is 10.5. The molecule has 0 aromatic heterocycles. The zero-order valence-corrected chi connectivity index (χ0v) is 13.2. The van der Waals surface area contributed by atoms with Crippen molar-refractivity contribution in [2.24, 2.45) is 5.73 Å². The van der Waals surface area contributed by atoms with Crippen LogP contribution in [0.3, 0.4) is 0 Å². The molecule has 116 valence electrons. The number of hydrogen-bond acceptors (Lipinski definition) is 4. The van der Waals surface area contributed by atoms with Gasteiger partial charge in [-0.05, 0) is 32.4 Å². The molecule has 0 heterocycles. The summed E-state index contributed by atoms with van der Waals surface area (Å²) in [4.78, 5) is -0.0666.